The Morgan fingerprint density at radius 1 is 1.33 bits per heavy atom. The van der Waals surface area contributed by atoms with Gasteiger partial charge in [-0.05, 0) is 31.4 Å². The number of rotatable bonds is 4. The van der Waals surface area contributed by atoms with Gasteiger partial charge in [0.05, 0.1) is 24.3 Å². The maximum atomic E-state index is 12.5. The molecule has 2 N–H and O–H groups in total. The van der Waals surface area contributed by atoms with Crippen LogP contribution >= 0.6 is 24.0 Å². The van der Waals surface area contributed by atoms with Crippen molar-refractivity contribution in [3.63, 3.8) is 0 Å². The lowest BCUT2D eigenvalue weighted by molar-refractivity contribution is -0.128. The Labute approximate surface area is 169 Å². The number of fused-ring (bicyclic) bond motifs is 1. The van der Waals surface area contributed by atoms with Crippen molar-refractivity contribution in [1.29, 1.82) is 0 Å². The van der Waals surface area contributed by atoms with Crippen LogP contribution in [0.5, 0.6) is 0 Å². The standard InChI is InChI=1S/C19H22ClN3O3.ClH/c20-15-4-2-1-3-14(15)18-10-13(23-26-18)11-22-19(24)12-5-6-17-16(9-12)21-7-8-25-17;/h1-4,10,12,16-17,21H,5-9,11H2,(H,22,24);1H/t12-,16+,17+;/m0./s1. The summed E-state index contributed by atoms with van der Waals surface area (Å²) in [5.41, 5.74) is 1.47. The molecule has 6 nitrogen and oxygen atoms in total. The van der Waals surface area contributed by atoms with Crippen molar-refractivity contribution in [2.24, 2.45) is 5.92 Å². The van der Waals surface area contributed by atoms with Gasteiger partial charge >= 0.3 is 0 Å². The SMILES string of the molecule is Cl.O=C(NCc1cc(-c2ccccc2Cl)on1)[C@H]1CC[C@H]2OCCN[C@@H]2C1. The number of nitrogens with zero attached hydrogens (tertiary/aromatic N) is 1. The molecule has 1 aromatic heterocycles. The van der Waals surface area contributed by atoms with E-state index in [0.29, 0.717) is 23.0 Å². The normalized spacial score (nSPS) is 24.6. The fourth-order valence-corrected chi connectivity index (χ4v) is 3.98. The molecule has 2 aromatic rings. The number of carbonyl (C=O) groups excluding carboxylic acids is 1. The predicted molar refractivity (Wildman–Crippen MR) is 105 cm³/mol. The van der Waals surface area contributed by atoms with E-state index in [-0.39, 0.29) is 36.4 Å². The van der Waals surface area contributed by atoms with Crippen LogP contribution in [0, 0.1) is 5.92 Å². The van der Waals surface area contributed by atoms with Crippen molar-refractivity contribution in [3.8, 4) is 11.3 Å². The number of morpholine rings is 1. The highest BCUT2D eigenvalue weighted by molar-refractivity contribution is 6.33. The number of ether oxygens (including phenoxy) is 1. The molecule has 3 atom stereocenters. The van der Waals surface area contributed by atoms with E-state index in [4.69, 9.17) is 20.9 Å². The lowest BCUT2D eigenvalue weighted by atomic mass is 9.82. The zero-order valence-corrected chi connectivity index (χ0v) is 16.4. The highest BCUT2D eigenvalue weighted by Gasteiger charge is 2.35. The lowest BCUT2D eigenvalue weighted by Crippen LogP contribution is -2.53. The van der Waals surface area contributed by atoms with Gasteiger partial charge in [-0.1, -0.05) is 28.9 Å². The fraction of sp³-hybridized carbons (Fsp3) is 0.474. The molecule has 0 spiro atoms. The number of carbonyl (C=O) groups is 1. The molecular formula is C19H23Cl2N3O3. The Morgan fingerprint density at radius 3 is 3.04 bits per heavy atom. The molecule has 27 heavy (non-hydrogen) atoms. The maximum absolute atomic E-state index is 12.5. The first-order valence-corrected chi connectivity index (χ1v) is 9.41. The second-order valence-electron chi connectivity index (χ2n) is 6.86. The van der Waals surface area contributed by atoms with Crippen molar-refractivity contribution in [1.82, 2.24) is 15.8 Å². The van der Waals surface area contributed by atoms with Gasteiger partial charge in [-0.25, -0.2) is 0 Å². The van der Waals surface area contributed by atoms with Crippen LogP contribution in [0.25, 0.3) is 11.3 Å². The zero-order valence-electron chi connectivity index (χ0n) is 14.8. The molecule has 1 saturated heterocycles. The Hall–Kier alpha value is -1.60. The van der Waals surface area contributed by atoms with E-state index in [1.54, 1.807) is 6.07 Å². The molecule has 2 fully saturated rings. The highest BCUT2D eigenvalue weighted by Crippen LogP contribution is 2.29. The van der Waals surface area contributed by atoms with Gasteiger partial charge in [0, 0.05) is 30.1 Å². The van der Waals surface area contributed by atoms with Crippen molar-refractivity contribution in [2.75, 3.05) is 13.2 Å². The third-order valence-corrected chi connectivity index (χ3v) is 5.47. The average molecular weight is 412 g/mol. The van der Waals surface area contributed by atoms with Crippen molar-refractivity contribution >= 4 is 29.9 Å². The summed E-state index contributed by atoms with van der Waals surface area (Å²) in [5, 5.41) is 11.1. The monoisotopic (exact) mass is 411 g/mol. The second-order valence-corrected chi connectivity index (χ2v) is 7.27. The van der Waals surface area contributed by atoms with Crippen LogP contribution in [0.1, 0.15) is 25.0 Å². The summed E-state index contributed by atoms with van der Waals surface area (Å²) >= 11 is 6.18. The smallest absolute Gasteiger partial charge is 0.223 e. The van der Waals surface area contributed by atoms with Crippen LogP contribution < -0.4 is 10.6 Å². The summed E-state index contributed by atoms with van der Waals surface area (Å²) in [6.45, 7) is 1.97. The summed E-state index contributed by atoms with van der Waals surface area (Å²) in [6.07, 6.45) is 2.86. The third-order valence-electron chi connectivity index (χ3n) is 5.14. The second kappa shape index (κ2) is 9.06. The first-order chi connectivity index (χ1) is 12.7. The maximum Gasteiger partial charge on any atom is 0.223 e. The number of benzene rings is 1. The van der Waals surface area contributed by atoms with Crippen LogP contribution in [0.15, 0.2) is 34.9 Å². The quantitative estimate of drug-likeness (QED) is 0.807. The van der Waals surface area contributed by atoms with Gasteiger partial charge in [-0.15, -0.1) is 12.4 Å². The van der Waals surface area contributed by atoms with Gasteiger partial charge < -0.3 is 19.9 Å². The molecule has 2 heterocycles. The van der Waals surface area contributed by atoms with Crippen LogP contribution in [-0.2, 0) is 16.1 Å². The molecule has 4 rings (SSSR count). The van der Waals surface area contributed by atoms with E-state index >= 15 is 0 Å². The molecule has 8 heteroatoms. The summed E-state index contributed by atoms with van der Waals surface area (Å²) in [4.78, 5) is 12.5. The largest absolute Gasteiger partial charge is 0.375 e. The third kappa shape index (κ3) is 4.63. The van der Waals surface area contributed by atoms with E-state index in [9.17, 15) is 4.79 Å². The minimum atomic E-state index is 0. The molecule has 1 aliphatic carbocycles. The summed E-state index contributed by atoms with van der Waals surface area (Å²) in [5.74, 6) is 0.683. The molecule has 1 aromatic carbocycles. The van der Waals surface area contributed by atoms with E-state index in [1.807, 2.05) is 24.3 Å². The molecule has 0 unspecified atom stereocenters. The van der Waals surface area contributed by atoms with Crippen LogP contribution in [0.2, 0.25) is 5.02 Å². The number of hydrogen-bond donors (Lipinski definition) is 2. The van der Waals surface area contributed by atoms with Gasteiger partial charge in [0.1, 0.15) is 5.69 Å². The zero-order chi connectivity index (χ0) is 17.9. The minimum Gasteiger partial charge on any atom is -0.375 e. The Balaban J connectivity index is 0.00000210. The molecule has 0 radical (unpaired) electrons. The fourth-order valence-electron chi connectivity index (χ4n) is 3.75. The predicted octanol–water partition coefficient (Wildman–Crippen LogP) is 3.19. The molecular weight excluding hydrogens is 389 g/mol. The van der Waals surface area contributed by atoms with E-state index in [0.717, 1.165) is 38.0 Å². The van der Waals surface area contributed by atoms with Crippen molar-refractivity contribution in [2.45, 2.75) is 38.0 Å². The summed E-state index contributed by atoms with van der Waals surface area (Å²) in [6, 6.07) is 9.54. The van der Waals surface area contributed by atoms with Gasteiger partial charge in [0.25, 0.3) is 0 Å². The lowest BCUT2D eigenvalue weighted by Gasteiger charge is -2.39. The molecule has 2 aliphatic rings. The number of aromatic nitrogens is 1. The van der Waals surface area contributed by atoms with Gasteiger partial charge in [0.15, 0.2) is 5.76 Å². The van der Waals surface area contributed by atoms with Crippen molar-refractivity contribution < 1.29 is 14.1 Å². The van der Waals surface area contributed by atoms with E-state index in [1.165, 1.54) is 0 Å². The minimum absolute atomic E-state index is 0. The average Bonchev–Trinajstić information content (AvgIpc) is 3.15. The number of hydrogen-bond acceptors (Lipinski definition) is 5. The Bertz CT molecular complexity index is 783. The Morgan fingerprint density at radius 2 is 2.19 bits per heavy atom. The van der Waals surface area contributed by atoms with Gasteiger partial charge in [-0.3, -0.25) is 4.79 Å². The number of nitrogens with one attached hydrogen (secondary N) is 2. The topological polar surface area (TPSA) is 76.4 Å². The summed E-state index contributed by atoms with van der Waals surface area (Å²) in [7, 11) is 0. The molecule has 1 saturated carbocycles. The van der Waals surface area contributed by atoms with Crippen molar-refractivity contribution in [3.05, 3.63) is 41.0 Å². The summed E-state index contributed by atoms with van der Waals surface area (Å²) < 4.78 is 11.1. The molecule has 1 amide bonds. The first-order valence-electron chi connectivity index (χ1n) is 9.04. The van der Waals surface area contributed by atoms with E-state index in [2.05, 4.69) is 15.8 Å². The first kappa shape index (κ1) is 20.1. The number of halogens is 2. The molecule has 0 bridgehead atoms. The van der Waals surface area contributed by atoms with Gasteiger partial charge in [0.2, 0.25) is 5.91 Å². The van der Waals surface area contributed by atoms with Gasteiger partial charge in [-0.2, -0.15) is 0 Å². The molecule has 1 aliphatic heterocycles. The van der Waals surface area contributed by atoms with Crippen LogP contribution in [0.4, 0.5) is 0 Å². The van der Waals surface area contributed by atoms with Crippen LogP contribution in [0.3, 0.4) is 0 Å². The molecule has 146 valence electrons. The number of amides is 1. The van der Waals surface area contributed by atoms with E-state index < -0.39 is 0 Å². The van der Waals surface area contributed by atoms with Crippen LogP contribution in [-0.4, -0.2) is 36.4 Å². The Kier molecular flexibility index (Phi) is 6.76. The highest BCUT2D eigenvalue weighted by atomic mass is 35.5.